The molecule has 1 aromatic rings. The minimum absolute atomic E-state index is 0.0452. The van der Waals surface area contributed by atoms with Crippen molar-refractivity contribution in [2.75, 3.05) is 5.32 Å². The van der Waals surface area contributed by atoms with Crippen molar-refractivity contribution < 1.29 is 18.3 Å². The predicted molar refractivity (Wildman–Crippen MR) is 80.3 cm³/mol. The van der Waals surface area contributed by atoms with Gasteiger partial charge in [0.25, 0.3) is 0 Å². The molecule has 3 nitrogen and oxygen atoms in total. The lowest BCUT2D eigenvalue weighted by Crippen LogP contribution is -2.20. The third-order valence-corrected chi connectivity index (χ3v) is 5.06. The van der Waals surface area contributed by atoms with E-state index in [9.17, 15) is 13.6 Å². The molecule has 1 N–H and O–H groups in total. The normalized spacial score (nSPS) is 26.5. The van der Waals surface area contributed by atoms with Crippen molar-refractivity contribution in [1.29, 1.82) is 0 Å². The number of ether oxygens (including phenoxy) is 1. The third kappa shape index (κ3) is 3.51. The van der Waals surface area contributed by atoms with Gasteiger partial charge in [0.1, 0.15) is 5.75 Å². The minimum atomic E-state index is -2.92. The van der Waals surface area contributed by atoms with Crippen LogP contribution in [0.3, 0.4) is 0 Å². The number of amides is 1. The molecule has 0 radical (unpaired) electrons. The van der Waals surface area contributed by atoms with Gasteiger partial charge >= 0.3 is 6.61 Å². The van der Waals surface area contributed by atoms with Crippen LogP contribution in [-0.2, 0) is 4.79 Å². The zero-order chi connectivity index (χ0) is 15.7. The van der Waals surface area contributed by atoms with Crippen LogP contribution in [0.5, 0.6) is 5.75 Å². The van der Waals surface area contributed by atoms with Gasteiger partial charge in [-0.2, -0.15) is 8.78 Å². The van der Waals surface area contributed by atoms with Crippen LogP contribution < -0.4 is 10.1 Å². The Kier molecular flexibility index (Phi) is 4.52. The van der Waals surface area contributed by atoms with E-state index in [2.05, 4.69) is 10.1 Å². The standard InChI is InChI=1S/C16H18ClF2NO2/c17-13-8-12(3-4-14(13)22-16(18)19)20-15(21)7-11-6-9-1-2-10(11)5-9/h3-4,8-11,16H,1-2,5-7H2,(H,20,21)/t9-,10-,11+/m0/s1. The van der Waals surface area contributed by atoms with E-state index in [0.29, 0.717) is 23.9 Å². The van der Waals surface area contributed by atoms with Crippen molar-refractivity contribution >= 4 is 23.2 Å². The van der Waals surface area contributed by atoms with Crippen LogP contribution in [0.25, 0.3) is 0 Å². The Morgan fingerprint density at radius 1 is 1.36 bits per heavy atom. The molecule has 0 unspecified atom stereocenters. The highest BCUT2D eigenvalue weighted by Crippen LogP contribution is 2.49. The Labute approximate surface area is 133 Å². The summed E-state index contributed by atoms with van der Waals surface area (Å²) in [7, 11) is 0. The van der Waals surface area contributed by atoms with E-state index in [4.69, 9.17) is 11.6 Å². The number of hydrogen-bond acceptors (Lipinski definition) is 2. The molecule has 0 aliphatic heterocycles. The molecule has 120 valence electrons. The first-order chi connectivity index (χ1) is 10.5. The van der Waals surface area contributed by atoms with Crippen molar-refractivity contribution in [2.24, 2.45) is 17.8 Å². The summed E-state index contributed by atoms with van der Waals surface area (Å²) in [5, 5.41) is 2.84. The van der Waals surface area contributed by atoms with E-state index >= 15 is 0 Å². The van der Waals surface area contributed by atoms with Crippen LogP contribution in [0.2, 0.25) is 5.02 Å². The third-order valence-electron chi connectivity index (χ3n) is 4.76. The van der Waals surface area contributed by atoms with Gasteiger partial charge in [0, 0.05) is 12.1 Å². The molecule has 2 aliphatic rings. The largest absolute Gasteiger partial charge is 0.433 e. The molecule has 0 aromatic heterocycles. The molecular formula is C16H18ClF2NO2. The van der Waals surface area contributed by atoms with E-state index in [1.165, 1.54) is 37.5 Å². The summed E-state index contributed by atoms with van der Waals surface area (Å²) in [6.07, 6.45) is 5.50. The number of hydrogen-bond donors (Lipinski definition) is 1. The Morgan fingerprint density at radius 3 is 2.77 bits per heavy atom. The molecule has 0 saturated heterocycles. The summed E-state index contributed by atoms with van der Waals surface area (Å²) in [5.74, 6) is 1.85. The van der Waals surface area contributed by atoms with Crippen molar-refractivity contribution in [3.63, 3.8) is 0 Å². The Balaban J connectivity index is 1.56. The minimum Gasteiger partial charge on any atom is -0.433 e. The summed E-state index contributed by atoms with van der Waals surface area (Å²) in [5.41, 5.74) is 0.500. The second-order valence-corrected chi connectivity index (χ2v) is 6.62. The lowest BCUT2D eigenvalue weighted by atomic mass is 9.86. The molecule has 6 heteroatoms. The monoisotopic (exact) mass is 329 g/mol. The highest BCUT2D eigenvalue weighted by Gasteiger charge is 2.40. The first-order valence-electron chi connectivity index (χ1n) is 7.55. The SMILES string of the molecule is O=C(C[C@H]1C[C@H]2CC[C@H]1C2)Nc1ccc(OC(F)F)c(Cl)c1. The van der Waals surface area contributed by atoms with E-state index in [1.807, 2.05) is 0 Å². The molecule has 22 heavy (non-hydrogen) atoms. The van der Waals surface area contributed by atoms with Crippen LogP contribution in [0, 0.1) is 17.8 Å². The van der Waals surface area contributed by atoms with E-state index in [0.717, 1.165) is 12.3 Å². The zero-order valence-corrected chi connectivity index (χ0v) is 12.8. The molecule has 0 spiro atoms. The summed E-state index contributed by atoms with van der Waals surface area (Å²) in [6.45, 7) is -2.92. The van der Waals surface area contributed by atoms with Crippen LogP contribution in [-0.4, -0.2) is 12.5 Å². The number of alkyl halides is 2. The van der Waals surface area contributed by atoms with Gasteiger partial charge in [-0.1, -0.05) is 18.0 Å². The van der Waals surface area contributed by atoms with Gasteiger partial charge in [0.05, 0.1) is 5.02 Å². The van der Waals surface area contributed by atoms with Gasteiger partial charge < -0.3 is 10.1 Å². The number of nitrogens with one attached hydrogen (secondary N) is 1. The highest BCUT2D eigenvalue weighted by molar-refractivity contribution is 6.32. The van der Waals surface area contributed by atoms with E-state index in [1.54, 1.807) is 0 Å². The number of anilines is 1. The first-order valence-corrected chi connectivity index (χ1v) is 7.93. The van der Waals surface area contributed by atoms with Gasteiger partial charge in [0.15, 0.2) is 0 Å². The summed E-state index contributed by atoms with van der Waals surface area (Å²) >= 11 is 5.87. The zero-order valence-electron chi connectivity index (χ0n) is 12.0. The summed E-state index contributed by atoms with van der Waals surface area (Å²) in [6, 6.07) is 4.28. The molecular weight excluding hydrogens is 312 g/mol. The Hall–Kier alpha value is -1.36. The quantitative estimate of drug-likeness (QED) is 0.849. The second-order valence-electron chi connectivity index (χ2n) is 6.21. The lowest BCUT2D eigenvalue weighted by Gasteiger charge is -2.21. The Bertz CT molecular complexity index is 567. The molecule has 3 rings (SSSR count). The molecule has 1 aromatic carbocycles. The van der Waals surface area contributed by atoms with Gasteiger partial charge in [-0.05, 0) is 55.2 Å². The van der Waals surface area contributed by atoms with E-state index < -0.39 is 6.61 Å². The molecule has 3 atom stereocenters. The second kappa shape index (κ2) is 6.41. The number of halogens is 3. The van der Waals surface area contributed by atoms with E-state index in [-0.39, 0.29) is 16.7 Å². The maximum absolute atomic E-state index is 12.2. The predicted octanol–water partition coefficient (Wildman–Crippen LogP) is 4.71. The summed E-state index contributed by atoms with van der Waals surface area (Å²) < 4.78 is 28.6. The fourth-order valence-corrected chi connectivity index (χ4v) is 4.07. The fraction of sp³-hybridized carbons (Fsp3) is 0.562. The maximum atomic E-state index is 12.2. The average Bonchev–Trinajstić information content (AvgIpc) is 3.03. The van der Waals surface area contributed by atoms with Crippen LogP contribution in [0.4, 0.5) is 14.5 Å². The Morgan fingerprint density at radius 2 is 2.18 bits per heavy atom. The lowest BCUT2D eigenvalue weighted by molar-refractivity contribution is -0.117. The number of benzene rings is 1. The molecule has 2 bridgehead atoms. The smallest absolute Gasteiger partial charge is 0.387 e. The van der Waals surface area contributed by atoms with Gasteiger partial charge in [-0.25, -0.2) is 0 Å². The van der Waals surface area contributed by atoms with Gasteiger partial charge in [-0.3, -0.25) is 4.79 Å². The van der Waals surface area contributed by atoms with Crippen LogP contribution in [0.15, 0.2) is 18.2 Å². The number of carbonyl (C=O) groups excluding carboxylic acids is 1. The number of carbonyl (C=O) groups is 1. The topological polar surface area (TPSA) is 38.3 Å². The van der Waals surface area contributed by atoms with Gasteiger partial charge in [0.2, 0.25) is 5.91 Å². The molecule has 0 heterocycles. The van der Waals surface area contributed by atoms with Crippen LogP contribution >= 0.6 is 11.6 Å². The molecule has 2 saturated carbocycles. The van der Waals surface area contributed by atoms with Crippen LogP contribution in [0.1, 0.15) is 32.1 Å². The average molecular weight is 330 g/mol. The molecule has 2 aliphatic carbocycles. The van der Waals surface area contributed by atoms with Crippen molar-refractivity contribution in [1.82, 2.24) is 0 Å². The first kappa shape index (κ1) is 15.5. The van der Waals surface area contributed by atoms with Crippen molar-refractivity contribution in [3.8, 4) is 5.75 Å². The van der Waals surface area contributed by atoms with Crippen molar-refractivity contribution in [3.05, 3.63) is 23.2 Å². The number of fused-ring (bicyclic) bond motifs is 2. The van der Waals surface area contributed by atoms with Crippen molar-refractivity contribution in [2.45, 2.75) is 38.7 Å². The fourth-order valence-electron chi connectivity index (χ4n) is 3.85. The number of rotatable bonds is 5. The summed E-state index contributed by atoms with van der Waals surface area (Å²) in [4.78, 5) is 12.1. The highest BCUT2D eigenvalue weighted by atomic mass is 35.5. The van der Waals surface area contributed by atoms with Gasteiger partial charge in [-0.15, -0.1) is 0 Å². The molecule has 1 amide bonds. The molecule has 2 fully saturated rings. The maximum Gasteiger partial charge on any atom is 0.387 e.